The van der Waals surface area contributed by atoms with E-state index in [0.29, 0.717) is 0 Å². The molecule has 1 fully saturated rings. The Balaban J connectivity index is 1.79. The van der Waals surface area contributed by atoms with Crippen LogP contribution in [-0.4, -0.2) is 53.9 Å². The van der Waals surface area contributed by atoms with E-state index in [-0.39, 0.29) is 0 Å². The van der Waals surface area contributed by atoms with Crippen molar-refractivity contribution in [2.75, 3.05) is 33.2 Å². The summed E-state index contributed by atoms with van der Waals surface area (Å²) in [6.45, 7) is 4.10. The van der Waals surface area contributed by atoms with Crippen molar-refractivity contribution in [3.05, 3.63) is 60.2 Å². The predicted octanol–water partition coefficient (Wildman–Crippen LogP) is 3.43. The summed E-state index contributed by atoms with van der Waals surface area (Å²) >= 11 is 0. The van der Waals surface area contributed by atoms with Gasteiger partial charge in [0.1, 0.15) is 0 Å². The van der Waals surface area contributed by atoms with Gasteiger partial charge in [0.15, 0.2) is 0 Å². The highest BCUT2D eigenvalue weighted by atomic mass is 15.5. The van der Waals surface area contributed by atoms with Gasteiger partial charge >= 0.3 is 0 Å². The number of para-hydroxylation sites is 1. The Kier molecular flexibility index (Phi) is 4.28. The van der Waals surface area contributed by atoms with E-state index in [2.05, 4.69) is 89.4 Å². The number of aromatic nitrogens is 1. The maximum Gasteiger partial charge on any atom is 0.0578 e. The van der Waals surface area contributed by atoms with Crippen molar-refractivity contribution in [3.63, 3.8) is 0 Å². The Morgan fingerprint density at radius 2 is 1.52 bits per heavy atom. The average Bonchev–Trinajstić information content (AvgIpc) is 2.94. The summed E-state index contributed by atoms with van der Waals surface area (Å²) in [6.07, 6.45) is 2.05. The van der Waals surface area contributed by atoms with Gasteiger partial charge in [0.05, 0.1) is 11.9 Å². The predicted molar refractivity (Wildman–Crippen MR) is 105 cm³/mol. The van der Waals surface area contributed by atoms with Gasteiger partial charge in [0.2, 0.25) is 0 Å². The van der Waals surface area contributed by atoms with Crippen molar-refractivity contribution in [2.45, 2.75) is 0 Å². The third kappa shape index (κ3) is 3.05. The first-order valence-corrected chi connectivity index (χ1v) is 8.84. The number of nitrogens with zero attached hydrogens (tertiary/aromatic N) is 4. The van der Waals surface area contributed by atoms with Crippen LogP contribution in [0.15, 0.2) is 59.7 Å². The summed E-state index contributed by atoms with van der Waals surface area (Å²) in [5.41, 5.74) is 4.88. The average molecular weight is 332 g/mol. The van der Waals surface area contributed by atoms with Crippen LogP contribution in [0.25, 0.3) is 22.2 Å². The van der Waals surface area contributed by atoms with Crippen LogP contribution in [0.3, 0.4) is 0 Å². The van der Waals surface area contributed by atoms with Crippen molar-refractivity contribution >= 4 is 17.1 Å². The number of hydrogen-bond donors (Lipinski definition) is 0. The summed E-state index contributed by atoms with van der Waals surface area (Å²) in [6, 6.07) is 19.1. The Labute approximate surface area is 149 Å². The van der Waals surface area contributed by atoms with Crippen molar-refractivity contribution in [1.29, 1.82) is 0 Å². The second-order valence-electron chi connectivity index (χ2n) is 6.71. The first kappa shape index (κ1) is 15.9. The summed E-state index contributed by atoms with van der Waals surface area (Å²) < 4.78 is 2.27. The summed E-state index contributed by atoms with van der Waals surface area (Å²) in [7, 11) is 4.30. The SMILES string of the molecule is CN1CCN(/N=C/c2c(-c3ccccc3)n(C)c3ccccc23)CC1. The number of likely N-dealkylation sites (N-methyl/N-ethyl adjacent to an activating group) is 1. The molecule has 2 aromatic carbocycles. The van der Waals surface area contributed by atoms with Crippen LogP contribution in [0.1, 0.15) is 5.56 Å². The normalized spacial score (nSPS) is 16.2. The maximum atomic E-state index is 4.81. The molecule has 0 saturated carbocycles. The number of aryl methyl sites for hydroxylation is 1. The lowest BCUT2D eigenvalue weighted by atomic mass is 10.1. The van der Waals surface area contributed by atoms with E-state index in [1.807, 2.05) is 0 Å². The Morgan fingerprint density at radius 1 is 0.840 bits per heavy atom. The molecule has 0 aliphatic carbocycles. The minimum absolute atomic E-state index is 0.985. The molecule has 0 amide bonds. The molecule has 128 valence electrons. The summed E-state index contributed by atoms with van der Waals surface area (Å²) in [5, 5.41) is 8.23. The molecule has 0 unspecified atom stereocenters. The van der Waals surface area contributed by atoms with Crippen LogP contribution >= 0.6 is 0 Å². The second-order valence-corrected chi connectivity index (χ2v) is 6.71. The number of rotatable bonds is 3. The molecule has 0 N–H and O–H groups in total. The molecule has 4 nitrogen and oxygen atoms in total. The van der Waals surface area contributed by atoms with Gasteiger partial charge < -0.3 is 9.47 Å². The molecular weight excluding hydrogens is 308 g/mol. The van der Waals surface area contributed by atoms with E-state index >= 15 is 0 Å². The van der Waals surface area contributed by atoms with Gasteiger partial charge in [0.25, 0.3) is 0 Å². The molecule has 3 aromatic rings. The van der Waals surface area contributed by atoms with E-state index in [1.165, 1.54) is 27.7 Å². The van der Waals surface area contributed by atoms with Crippen LogP contribution in [0.5, 0.6) is 0 Å². The zero-order valence-electron chi connectivity index (χ0n) is 14.9. The monoisotopic (exact) mass is 332 g/mol. The fourth-order valence-electron chi connectivity index (χ4n) is 3.55. The van der Waals surface area contributed by atoms with E-state index in [4.69, 9.17) is 5.10 Å². The lowest BCUT2D eigenvalue weighted by molar-refractivity contribution is 0.159. The zero-order chi connectivity index (χ0) is 17.2. The van der Waals surface area contributed by atoms with Gasteiger partial charge in [-0.25, -0.2) is 0 Å². The molecule has 0 radical (unpaired) electrons. The minimum atomic E-state index is 0.985. The molecule has 0 bridgehead atoms. The van der Waals surface area contributed by atoms with Crippen LogP contribution in [0.2, 0.25) is 0 Å². The first-order valence-electron chi connectivity index (χ1n) is 8.84. The van der Waals surface area contributed by atoms with Crippen LogP contribution in [0, 0.1) is 0 Å². The molecule has 4 rings (SSSR count). The number of fused-ring (bicyclic) bond motifs is 1. The molecule has 25 heavy (non-hydrogen) atoms. The second kappa shape index (κ2) is 6.73. The largest absolute Gasteiger partial charge is 0.343 e. The number of hydrazone groups is 1. The highest BCUT2D eigenvalue weighted by Gasteiger charge is 2.16. The molecule has 1 aliphatic rings. The van der Waals surface area contributed by atoms with Crippen molar-refractivity contribution in [2.24, 2.45) is 12.1 Å². The highest BCUT2D eigenvalue weighted by molar-refractivity contribution is 6.06. The van der Waals surface area contributed by atoms with E-state index < -0.39 is 0 Å². The first-order chi connectivity index (χ1) is 12.2. The fraction of sp³-hybridized carbons (Fsp3) is 0.286. The summed E-state index contributed by atoms with van der Waals surface area (Å²) in [5.74, 6) is 0. The van der Waals surface area contributed by atoms with Crippen LogP contribution in [-0.2, 0) is 7.05 Å². The Morgan fingerprint density at radius 3 is 2.28 bits per heavy atom. The van der Waals surface area contributed by atoms with Gasteiger partial charge in [-0.15, -0.1) is 0 Å². The molecule has 1 aromatic heterocycles. The third-order valence-corrected chi connectivity index (χ3v) is 5.02. The van der Waals surface area contributed by atoms with E-state index in [1.54, 1.807) is 0 Å². The molecular formula is C21H24N4. The van der Waals surface area contributed by atoms with Crippen molar-refractivity contribution in [3.8, 4) is 11.3 Å². The van der Waals surface area contributed by atoms with Gasteiger partial charge in [-0.05, 0) is 18.7 Å². The fourth-order valence-corrected chi connectivity index (χ4v) is 3.55. The van der Waals surface area contributed by atoms with Crippen molar-refractivity contribution < 1.29 is 0 Å². The standard InChI is InChI=1S/C21H24N4/c1-23-12-14-25(15-13-23)22-16-19-18-10-6-7-11-20(18)24(2)21(19)17-8-4-3-5-9-17/h3-11,16H,12-15H2,1-2H3/b22-16+. The van der Waals surface area contributed by atoms with Gasteiger partial charge in [-0.3, -0.25) is 5.01 Å². The van der Waals surface area contributed by atoms with Gasteiger partial charge in [-0.1, -0.05) is 48.5 Å². The molecule has 1 saturated heterocycles. The molecule has 4 heteroatoms. The topological polar surface area (TPSA) is 23.8 Å². The number of benzene rings is 2. The van der Waals surface area contributed by atoms with E-state index in [0.717, 1.165) is 26.2 Å². The number of piperazine rings is 1. The molecule has 2 heterocycles. The molecule has 0 spiro atoms. The lowest BCUT2D eigenvalue weighted by Gasteiger charge is -2.30. The molecule has 1 aliphatic heterocycles. The maximum absolute atomic E-state index is 4.81. The van der Waals surface area contributed by atoms with Crippen LogP contribution in [0.4, 0.5) is 0 Å². The third-order valence-electron chi connectivity index (χ3n) is 5.02. The van der Waals surface area contributed by atoms with Gasteiger partial charge in [-0.2, -0.15) is 5.10 Å². The zero-order valence-corrected chi connectivity index (χ0v) is 14.9. The van der Waals surface area contributed by atoms with Crippen LogP contribution < -0.4 is 0 Å². The number of hydrogen-bond acceptors (Lipinski definition) is 3. The van der Waals surface area contributed by atoms with E-state index in [9.17, 15) is 0 Å². The minimum Gasteiger partial charge on any atom is -0.343 e. The quantitative estimate of drug-likeness (QED) is 0.686. The smallest absolute Gasteiger partial charge is 0.0578 e. The Bertz CT molecular complexity index is 887. The molecule has 0 atom stereocenters. The van der Waals surface area contributed by atoms with Crippen molar-refractivity contribution in [1.82, 2.24) is 14.5 Å². The lowest BCUT2D eigenvalue weighted by Crippen LogP contribution is -2.41. The van der Waals surface area contributed by atoms with Gasteiger partial charge in [0, 0.05) is 49.7 Å². The highest BCUT2D eigenvalue weighted by Crippen LogP contribution is 2.31. The summed E-state index contributed by atoms with van der Waals surface area (Å²) in [4.78, 5) is 2.35. The Hall–Kier alpha value is -2.59.